The Morgan fingerprint density at radius 1 is 1.64 bits per heavy atom. The number of hydrogen-bond donors (Lipinski definition) is 1. The second-order valence-corrected chi connectivity index (χ2v) is 3.49. The number of nitrogens with zero attached hydrogens (tertiary/aromatic N) is 1. The zero-order valence-corrected chi connectivity index (χ0v) is 8.32. The fraction of sp³-hybridized carbons (Fsp3) is 0.600. The number of rotatable bonds is 3. The molecule has 0 aromatic heterocycles. The minimum atomic E-state index is -0.995. The van der Waals surface area contributed by atoms with E-state index in [-0.39, 0.29) is 5.91 Å². The number of amides is 1. The average Bonchev–Trinajstić information content (AvgIpc) is 2.61. The quantitative estimate of drug-likeness (QED) is 0.687. The third-order valence-electron chi connectivity index (χ3n) is 2.91. The molecular weight excluding hydrogens is 182 g/mol. The molecule has 1 amide bonds. The predicted octanol–water partition coefficient (Wildman–Crippen LogP) is 1.03. The lowest BCUT2D eigenvalue weighted by Crippen LogP contribution is -2.52. The Bertz CT molecular complexity index is 275. The van der Waals surface area contributed by atoms with Gasteiger partial charge in [0.2, 0.25) is 5.91 Å². The predicted molar refractivity (Wildman–Crippen MR) is 51.8 cm³/mol. The minimum Gasteiger partial charge on any atom is -0.479 e. The maximum absolute atomic E-state index is 11.4. The van der Waals surface area contributed by atoms with E-state index in [0.29, 0.717) is 19.4 Å². The van der Waals surface area contributed by atoms with Crippen molar-refractivity contribution in [2.75, 3.05) is 6.54 Å². The third-order valence-corrected chi connectivity index (χ3v) is 2.91. The maximum Gasteiger partial charge on any atom is 0.329 e. The summed E-state index contributed by atoms with van der Waals surface area (Å²) < 4.78 is 0. The van der Waals surface area contributed by atoms with E-state index in [1.165, 1.54) is 11.0 Å². The molecule has 1 atom stereocenters. The fourth-order valence-corrected chi connectivity index (χ4v) is 2.05. The van der Waals surface area contributed by atoms with Gasteiger partial charge in [-0.05, 0) is 25.3 Å². The lowest BCUT2D eigenvalue weighted by atomic mass is 9.93. The van der Waals surface area contributed by atoms with Crippen molar-refractivity contribution in [2.24, 2.45) is 0 Å². The highest BCUT2D eigenvalue weighted by Gasteiger charge is 2.47. The molecule has 1 aliphatic rings. The van der Waals surface area contributed by atoms with Crippen LogP contribution in [0.5, 0.6) is 0 Å². The van der Waals surface area contributed by atoms with Crippen LogP contribution >= 0.6 is 0 Å². The van der Waals surface area contributed by atoms with E-state index >= 15 is 0 Å². The normalized spacial score (nSPS) is 26.2. The van der Waals surface area contributed by atoms with Crippen LogP contribution in [0.2, 0.25) is 0 Å². The molecule has 1 N–H and O–H groups in total. The van der Waals surface area contributed by atoms with Crippen LogP contribution < -0.4 is 0 Å². The molecule has 1 saturated heterocycles. The number of likely N-dealkylation sites (tertiary alicyclic amines) is 1. The first-order valence-electron chi connectivity index (χ1n) is 4.76. The van der Waals surface area contributed by atoms with E-state index in [0.717, 1.165) is 6.42 Å². The van der Waals surface area contributed by atoms with E-state index in [1.807, 2.05) is 0 Å². The molecule has 0 spiro atoms. The highest BCUT2D eigenvalue weighted by molar-refractivity contribution is 5.93. The Morgan fingerprint density at radius 3 is 2.71 bits per heavy atom. The molecule has 1 heterocycles. The Labute approximate surface area is 83.2 Å². The van der Waals surface area contributed by atoms with Crippen LogP contribution in [0.4, 0.5) is 0 Å². The number of aliphatic carboxylic acids is 1. The summed E-state index contributed by atoms with van der Waals surface area (Å²) in [4.78, 5) is 24.0. The Hall–Kier alpha value is -1.32. The van der Waals surface area contributed by atoms with E-state index < -0.39 is 11.5 Å². The molecule has 0 radical (unpaired) electrons. The van der Waals surface area contributed by atoms with Crippen LogP contribution in [-0.4, -0.2) is 34.0 Å². The zero-order valence-electron chi connectivity index (χ0n) is 8.32. The molecule has 4 nitrogen and oxygen atoms in total. The van der Waals surface area contributed by atoms with Gasteiger partial charge in [-0.15, -0.1) is 0 Å². The molecule has 0 bridgehead atoms. The molecule has 1 unspecified atom stereocenters. The van der Waals surface area contributed by atoms with Crippen molar-refractivity contribution in [3.63, 3.8) is 0 Å². The van der Waals surface area contributed by atoms with E-state index in [1.54, 1.807) is 6.92 Å². The van der Waals surface area contributed by atoms with Crippen LogP contribution in [0.25, 0.3) is 0 Å². The van der Waals surface area contributed by atoms with E-state index in [9.17, 15) is 9.59 Å². The van der Waals surface area contributed by atoms with Gasteiger partial charge >= 0.3 is 5.97 Å². The molecule has 0 aromatic carbocycles. The van der Waals surface area contributed by atoms with Crippen LogP contribution in [0, 0.1) is 0 Å². The number of carbonyl (C=O) groups is 2. The largest absolute Gasteiger partial charge is 0.479 e. The van der Waals surface area contributed by atoms with Crippen LogP contribution in [-0.2, 0) is 9.59 Å². The molecule has 1 rings (SSSR count). The second kappa shape index (κ2) is 3.82. The maximum atomic E-state index is 11.4. The third kappa shape index (κ3) is 1.41. The number of carboxylic acid groups (broad SMARTS) is 1. The Morgan fingerprint density at radius 2 is 2.29 bits per heavy atom. The van der Waals surface area contributed by atoms with Crippen LogP contribution in [0.1, 0.15) is 26.2 Å². The SMILES string of the molecule is C=CC(=O)N1CCCC1(CC)C(=O)O. The van der Waals surface area contributed by atoms with Gasteiger partial charge in [-0.3, -0.25) is 4.79 Å². The van der Waals surface area contributed by atoms with E-state index in [4.69, 9.17) is 5.11 Å². The molecule has 4 heteroatoms. The van der Waals surface area contributed by atoms with Gasteiger partial charge in [0.15, 0.2) is 0 Å². The summed E-state index contributed by atoms with van der Waals surface area (Å²) >= 11 is 0. The number of hydrogen-bond acceptors (Lipinski definition) is 2. The summed E-state index contributed by atoms with van der Waals surface area (Å²) in [7, 11) is 0. The van der Waals surface area contributed by atoms with Gasteiger partial charge in [0.25, 0.3) is 0 Å². The molecule has 14 heavy (non-hydrogen) atoms. The lowest BCUT2D eigenvalue weighted by Gasteiger charge is -2.33. The minimum absolute atomic E-state index is 0.285. The van der Waals surface area contributed by atoms with Gasteiger partial charge in [-0.25, -0.2) is 4.79 Å². The monoisotopic (exact) mass is 197 g/mol. The van der Waals surface area contributed by atoms with Gasteiger partial charge < -0.3 is 10.0 Å². The van der Waals surface area contributed by atoms with Crippen molar-refractivity contribution in [1.82, 2.24) is 4.90 Å². The first kappa shape index (κ1) is 10.8. The topological polar surface area (TPSA) is 57.6 Å². The average molecular weight is 197 g/mol. The summed E-state index contributed by atoms with van der Waals surface area (Å²) in [5.74, 6) is -1.19. The zero-order chi connectivity index (χ0) is 10.8. The smallest absolute Gasteiger partial charge is 0.329 e. The first-order valence-corrected chi connectivity index (χ1v) is 4.76. The van der Waals surface area contributed by atoms with Gasteiger partial charge in [0, 0.05) is 6.54 Å². The van der Waals surface area contributed by atoms with Crippen molar-refractivity contribution in [3.05, 3.63) is 12.7 Å². The molecule has 0 aliphatic carbocycles. The van der Waals surface area contributed by atoms with Gasteiger partial charge in [0.05, 0.1) is 0 Å². The van der Waals surface area contributed by atoms with Crippen molar-refractivity contribution in [1.29, 1.82) is 0 Å². The number of carbonyl (C=O) groups excluding carboxylic acids is 1. The van der Waals surface area contributed by atoms with Gasteiger partial charge in [-0.1, -0.05) is 13.5 Å². The summed E-state index contributed by atoms with van der Waals surface area (Å²) in [6.45, 7) is 5.69. The lowest BCUT2D eigenvalue weighted by molar-refractivity contribution is -0.155. The Kier molecular flexibility index (Phi) is 2.93. The Balaban J connectivity index is 2.99. The summed E-state index contributed by atoms with van der Waals surface area (Å²) in [6, 6.07) is 0. The van der Waals surface area contributed by atoms with E-state index in [2.05, 4.69) is 6.58 Å². The molecule has 0 saturated carbocycles. The second-order valence-electron chi connectivity index (χ2n) is 3.49. The summed E-state index contributed by atoms with van der Waals surface area (Å²) in [5.41, 5.74) is -0.995. The molecular formula is C10H15NO3. The highest BCUT2D eigenvalue weighted by Crippen LogP contribution is 2.32. The number of carboxylic acids is 1. The highest BCUT2D eigenvalue weighted by atomic mass is 16.4. The van der Waals surface area contributed by atoms with Gasteiger partial charge in [-0.2, -0.15) is 0 Å². The molecule has 1 aliphatic heterocycles. The fourth-order valence-electron chi connectivity index (χ4n) is 2.05. The standard InChI is InChI=1S/C10H15NO3/c1-3-8(12)11-7-5-6-10(11,4-2)9(13)14/h3H,1,4-7H2,2H3,(H,13,14). The summed E-state index contributed by atoms with van der Waals surface area (Å²) in [6.07, 6.45) is 2.92. The van der Waals surface area contributed by atoms with Crippen LogP contribution in [0.3, 0.4) is 0 Å². The molecule has 78 valence electrons. The summed E-state index contributed by atoms with van der Waals surface area (Å²) in [5, 5.41) is 9.15. The van der Waals surface area contributed by atoms with Crippen molar-refractivity contribution in [3.8, 4) is 0 Å². The molecule has 1 fully saturated rings. The van der Waals surface area contributed by atoms with Crippen molar-refractivity contribution >= 4 is 11.9 Å². The van der Waals surface area contributed by atoms with Crippen molar-refractivity contribution < 1.29 is 14.7 Å². The first-order chi connectivity index (χ1) is 6.58. The molecule has 0 aromatic rings. The van der Waals surface area contributed by atoms with Crippen molar-refractivity contribution in [2.45, 2.75) is 31.7 Å². The van der Waals surface area contributed by atoms with Crippen LogP contribution in [0.15, 0.2) is 12.7 Å². The van der Waals surface area contributed by atoms with Gasteiger partial charge in [0.1, 0.15) is 5.54 Å².